The Morgan fingerprint density at radius 1 is 0.303 bits per heavy atom. The number of nitrogens with zero attached hydrogens (tertiary/aromatic N) is 4. The molecule has 0 radical (unpaired) electrons. The lowest BCUT2D eigenvalue weighted by atomic mass is 10.0. The van der Waals surface area contributed by atoms with Crippen molar-refractivity contribution in [2.45, 2.75) is 366 Å². The molecule has 0 aromatic carbocycles. The van der Waals surface area contributed by atoms with Gasteiger partial charge in [-0.05, 0) is 90.0 Å². The quantitative estimate of drug-likeness (QED) is 0.0159. The molecule has 0 spiro atoms. The number of amides is 7. The van der Waals surface area contributed by atoms with E-state index in [9.17, 15) is 33.6 Å². The fourth-order valence-electron chi connectivity index (χ4n) is 10.3. The van der Waals surface area contributed by atoms with Crippen LogP contribution in [0, 0.1) is 0 Å². The lowest BCUT2D eigenvalue weighted by Crippen LogP contribution is -2.56. The molecule has 0 saturated heterocycles. The molecule has 20 nitrogen and oxygen atoms in total. The van der Waals surface area contributed by atoms with Gasteiger partial charge in [0, 0.05) is 44.1 Å². The highest BCUT2D eigenvalue weighted by molar-refractivity contribution is 5.94. The van der Waals surface area contributed by atoms with Crippen LogP contribution in [0.3, 0.4) is 0 Å². The SMILES string of the molecule is CCCCCCCCCCC/C=N/NC(=O)CC[C@H](NC(=O)CC[C@H](NC(=O)[C@@H](N)CCCCN)C(=O)N[C@@H](CCC(=O)N/N=C/CCCCCCCCCCC)C(=O)N/N=C/CCCCCCCCCCC)C(=O)N/N=C/CCCCCCCCCCC. The molecular weight excluding hydrogens is 1120 g/mol. The first-order chi connectivity index (χ1) is 43.4. The van der Waals surface area contributed by atoms with Crippen molar-refractivity contribution in [2.75, 3.05) is 6.54 Å². The zero-order valence-electron chi connectivity index (χ0n) is 56.8. The van der Waals surface area contributed by atoms with E-state index in [2.05, 4.69) is 85.8 Å². The first-order valence-electron chi connectivity index (χ1n) is 36.0. The number of hydrazone groups is 4. The van der Waals surface area contributed by atoms with Gasteiger partial charge >= 0.3 is 0 Å². The highest BCUT2D eigenvalue weighted by Gasteiger charge is 2.30. The van der Waals surface area contributed by atoms with E-state index in [-0.39, 0.29) is 44.9 Å². The summed E-state index contributed by atoms with van der Waals surface area (Å²) in [6.45, 7) is 9.27. The Balaban J connectivity index is 6.21. The van der Waals surface area contributed by atoms with Crippen LogP contribution in [0.5, 0.6) is 0 Å². The summed E-state index contributed by atoms with van der Waals surface area (Å²) in [4.78, 5) is 95.3. The van der Waals surface area contributed by atoms with Gasteiger partial charge in [0.1, 0.15) is 18.1 Å². The Kier molecular flexibility index (Phi) is 60.7. The third kappa shape index (κ3) is 55.5. The largest absolute Gasteiger partial charge is 0.344 e. The van der Waals surface area contributed by atoms with Crippen LogP contribution in [0.2, 0.25) is 0 Å². The van der Waals surface area contributed by atoms with Crippen molar-refractivity contribution in [1.29, 1.82) is 0 Å². The fourth-order valence-corrected chi connectivity index (χ4v) is 10.3. The van der Waals surface area contributed by atoms with E-state index in [1.54, 1.807) is 24.9 Å². The zero-order valence-corrected chi connectivity index (χ0v) is 56.8. The van der Waals surface area contributed by atoms with E-state index < -0.39 is 65.5 Å². The van der Waals surface area contributed by atoms with Crippen molar-refractivity contribution in [3.8, 4) is 0 Å². The molecule has 0 saturated carbocycles. The van der Waals surface area contributed by atoms with Crippen LogP contribution < -0.4 is 49.1 Å². The lowest BCUT2D eigenvalue weighted by molar-refractivity contribution is -0.133. The summed E-state index contributed by atoms with van der Waals surface area (Å²) >= 11 is 0. The lowest BCUT2D eigenvalue weighted by Gasteiger charge is -2.24. The third-order valence-electron chi connectivity index (χ3n) is 16.0. The smallest absolute Gasteiger partial charge is 0.262 e. The number of hydrogen-bond donors (Lipinski definition) is 9. The number of unbranched alkanes of at least 4 members (excludes halogenated alkanes) is 37. The molecule has 0 aliphatic rings. The molecule has 4 atom stereocenters. The Morgan fingerprint density at radius 3 is 0.899 bits per heavy atom. The standard InChI is InChI=1S/C69H131N13O7/c1-5-9-13-17-21-25-29-33-37-43-55-72-79-64(84)52-49-61(68(88)81-74-57-45-39-35-31-27-23-19-15-11-7-3)76-63(83)51-48-60(77-66(86)59(71)47-41-42-54-70)67(87)78-62(69(89)82-75-58-46-40-36-32-28-24-20-16-12-8-4)50-53-65(85)80-73-56-44-38-34-30-26-22-18-14-10-6-2/h55-62H,5-54,70-71H2,1-4H3,(H,76,83)(H,77,86)(H,78,87)(H,79,84)(H,80,85)(H,81,88)(H,82,89)/b72-55+,73-56+,74-57+,75-58+/t59-,60-,61-,62-/m0/s1. The summed E-state index contributed by atoms with van der Waals surface area (Å²) in [7, 11) is 0. The molecule has 20 heteroatoms. The molecule has 89 heavy (non-hydrogen) atoms. The molecule has 0 heterocycles. The van der Waals surface area contributed by atoms with Crippen molar-refractivity contribution in [2.24, 2.45) is 31.9 Å². The molecule has 0 unspecified atom stereocenters. The molecule has 0 fully saturated rings. The predicted molar refractivity (Wildman–Crippen MR) is 368 cm³/mol. The minimum atomic E-state index is -1.38. The Hall–Kier alpha value is -5.11. The van der Waals surface area contributed by atoms with Crippen LogP contribution >= 0.6 is 0 Å². The Labute approximate surface area is 540 Å². The summed E-state index contributed by atoms with van der Waals surface area (Å²) in [6.07, 6.45) is 52.3. The van der Waals surface area contributed by atoms with Gasteiger partial charge in [0.05, 0.1) is 6.04 Å². The molecule has 0 aliphatic carbocycles. The van der Waals surface area contributed by atoms with Crippen LogP contribution in [0.15, 0.2) is 20.4 Å². The Bertz CT molecular complexity index is 1890. The molecule has 7 amide bonds. The van der Waals surface area contributed by atoms with E-state index >= 15 is 0 Å². The van der Waals surface area contributed by atoms with E-state index in [1.807, 2.05) is 0 Å². The number of rotatable bonds is 64. The third-order valence-corrected chi connectivity index (χ3v) is 16.0. The number of hydrogen-bond acceptors (Lipinski definition) is 13. The minimum Gasteiger partial charge on any atom is -0.344 e. The number of carbonyl (C=O) groups excluding carboxylic acids is 7. The Morgan fingerprint density at radius 2 is 0.573 bits per heavy atom. The van der Waals surface area contributed by atoms with Gasteiger partial charge < -0.3 is 27.4 Å². The predicted octanol–water partition coefficient (Wildman–Crippen LogP) is 13.3. The van der Waals surface area contributed by atoms with E-state index in [0.29, 0.717) is 38.6 Å². The molecule has 0 aromatic rings. The molecule has 0 bridgehead atoms. The van der Waals surface area contributed by atoms with E-state index in [4.69, 9.17) is 11.5 Å². The monoisotopic (exact) mass is 1250 g/mol. The van der Waals surface area contributed by atoms with Crippen molar-refractivity contribution in [3.05, 3.63) is 0 Å². The molecule has 514 valence electrons. The van der Waals surface area contributed by atoms with Crippen molar-refractivity contribution in [1.82, 2.24) is 37.7 Å². The first-order valence-corrected chi connectivity index (χ1v) is 36.0. The maximum absolute atomic E-state index is 14.3. The van der Waals surface area contributed by atoms with Gasteiger partial charge in [-0.3, -0.25) is 33.6 Å². The second-order valence-corrected chi connectivity index (χ2v) is 24.5. The van der Waals surface area contributed by atoms with Crippen molar-refractivity contribution < 1.29 is 33.6 Å². The summed E-state index contributed by atoms with van der Waals surface area (Å²) in [5, 5.41) is 24.6. The van der Waals surface area contributed by atoms with Crippen LogP contribution in [-0.2, 0) is 33.6 Å². The van der Waals surface area contributed by atoms with Gasteiger partial charge in [-0.2, -0.15) is 20.4 Å². The summed E-state index contributed by atoms with van der Waals surface area (Å²) in [5.74, 6) is -4.30. The number of carbonyl (C=O) groups is 7. The van der Waals surface area contributed by atoms with Gasteiger partial charge in [-0.1, -0.05) is 240 Å². The number of nitrogens with two attached hydrogens (primary N) is 2. The highest BCUT2D eigenvalue weighted by Crippen LogP contribution is 2.15. The molecule has 0 rings (SSSR count). The van der Waals surface area contributed by atoms with Gasteiger partial charge in [-0.15, -0.1) is 0 Å². The second-order valence-electron chi connectivity index (χ2n) is 24.5. The normalized spacial score (nSPS) is 13.0. The topological polar surface area (TPSA) is 305 Å². The summed E-state index contributed by atoms with van der Waals surface area (Å²) in [5.41, 5.74) is 22.1. The molecule has 0 aromatic heterocycles. The minimum absolute atomic E-state index is 0.0834. The van der Waals surface area contributed by atoms with Crippen molar-refractivity contribution in [3.63, 3.8) is 0 Å². The van der Waals surface area contributed by atoms with Crippen LogP contribution in [0.25, 0.3) is 0 Å². The maximum Gasteiger partial charge on any atom is 0.262 e. The summed E-state index contributed by atoms with van der Waals surface area (Å²) in [6, 6.07) is -4.86. The van der Waals surface area contributed by atoms with Gasteiger partial charge in [0.2, 0.25) is 29.5 Å². The maximum atomic E-state index is 14.3. The van der Waals surface area contributed by atoms with Gasteiger partial charge in [-0.25, -0.2) is 21.7 Å². The average molecular weight is 1250 g/mol. The van der Waals surface area contributed by atoms with Gasteiger partial charge in [0.15, 0.2) is 0 Å². The molecule has 0 aliphatic heterocycles. The van der Waals surface area contributed by atoms with E-state index in [0.717, 1.165) is 77.0 Å². The van der Waals surface area contributed by atoms with Crippen LogP contribution in [0.4, 0.5) is 0 Å². The average Bonchev–Trinajstić information content (AvgIpc) is 3.74. The first kappa shape index (κ1) is 83.9. The second kappa shape index (κ2) is 64.4. The summed E-state index contributed by atoms with van der Waals surface area (Å²) < 4.78 is 0. The molecule has 11 N–H and O–H groups in total. The van der Waals surface area contributed by atoms with E-state index in [1.165, 1.54) is 161 Å². The molecular formula is C69H131N13O7. The number of nitrogens with one attached hydrogen (secondary N) is 7. The highest BCUT2D eigenvalue weighted by atomic mass is 16.2. The zero-order chi connectivity index (χ0) is 65.3. The van der Waals surface area contributed by atoms with Crippen LogP contribution in [0.1, 0.15) is 342 Å². The van der Waals surface area contributed by atoms with Crippen molar-refractivity contribution >= 4 is 66.2 Å². The van der Waals surface area contributed by atoms with Gasteiger partial charge in [0.25, 0.3) is 11.8 Å². The van der Waals surface area contributed by atoms with Crippen LogP contribution in [-0.4, -0.2) is 96.9 Å². The fraction of sp³-hybridized carbons (Fsp3) is 0.841.